The molecule has 0 spiro atoms. The van der Waals surface area contributed by atoms with Gasteiger partial charge in [-0.05, 0) is 63.7 Å². The van der Waals surface area contributed by atoms with Crippen LogP contribution < -0.4 is 5.32 Å². The van der Waals surface area contributed by atoms with E-state index in [1.54, 1.807) is 11.3 Å². The van der Waals surface area contributed by atoms with Gasteiger partial charge in [0.15, 0.2) is 11.7 Å². The molecule has 3 nitrogen and oxygen atoms in total. The third-order valence-electron chi connectivity index (χ3n) is 3.05. The molecule has 0 saturated heterocycles. The Morgan fingerprint density at radius 3 is 2.95 bits per heavy atom. The Morgan fingerprint density at radius 2 is 2.26 bits per heavy atom. The second-order valence-electron chi connectivity index (χ2n) is 4.69. The summed E-state index contributed by atoms with van der Waals surface area (Å²) in [5, 5.41) is 3.50. The van der Waals surface area contributed by atoms with Gasteiger partial charge in [-0.15, -0.1) is 11.3 Å². The van der Waals surface area contributed by atoms with Crippen LogP contribution in [-0.2, 0) is 6.42 Å². The van der Waals surface area contributed by atoms with E-state index in [0.717, 1.165) is 50.2 Å². The normalized spacial score (nSPS) is 15.1. The second-order valence-corrected chi connectivity index (χ2v) is 8.44. The van der Waals surface area contributed by atoms with Crippen LogP contribution >= 0.6 is 43.2 Å². The van der Waals surface area contributed by atoms with Crippen LogP contribution in [0.5, 0.6) is 0 Å². The quantitative estimate of drug-likeness (QED) is 0.713. The molecule has 2 aromatic rings. The van der Waals surface area contributed by atoms with E-state index in [2.05, 4.69) is 42.2 Å². The van der Waals surface area contributed by atoms with E-state index in [4.69, 9.17) is 4.42 Å². The average Bonchev–Trinajstić information content (AvgIpc) is 2.98. The summed E-state index contributed by atoms with van der Waals surface area (Å²) in [7, 11) is 0. The number of oxazole rings is 1. The fourth-order valence-electron chi connectivity index (χ4n) is 1.89. The minimum Gasteiger partial charge on any atom is -0.441 e. The van der Waals surface area contributed by atoms with Gasteiger partial charge in [0.1, 0.15) is 0 Å². The van der Waals surface area contributed by atoms with Gasteiger partial charge in [0.2, 0.25) is 0 Å². The molecule has 1 saturated carbocycles. The van der Waals surface area contributed by atoms with E-state index in [1.165, 1.54) is 12.8 Å². The van der Waals surface area contributed by atoms with E-state index in [0.29, 0.717) is 0 Å². The minimum absolute atomic E-state index is 0.777. The molecule has 0 bridgehead atoms. The average molecular weight is 406 g/mol. The molecular formula is C13H14Br2N2OS. The van der Waals surface area contributed by atoms with Crippen molar-refractivity contribution in [3.8, 4) is 11.3 Å². The van der Waals surface area contributed by atoms with Crippen LogP contribution in [0, 0.1) is 0 Å². The zero-order valence-electron chi connectivity index (χ0n) is 10.3. The van der Waals surface area contributed by atoms with Gasteiger partial charge >= 0.3 is 0 Å². The predicted octanol–water partition coefficient (Wildman–Crippen LogP) is 4.61. The summed E-state index contributed by atoms with van der Waals surface area (Å²) in [6.45, 7) is 1.05. The highest BCUT2D eigenvalue weighted by Gasteiger charge is 2.19. The van der Waals surface area contributed by atoms with Crippen molar-refractivity contribution in [1.82, 2.24) is 10.3 Å². The van der Waals surface area contributed by atoms with Gasteiger partial charge in [0, 0.05) is 18.0 Å². The second kappa shape index (κ2) is 6.08. The van der Waals surface area contributed by atoms with E-state index < -0.39 is 0 Å². The van der Waals surface area contributed by atoms with Gasteiger partial charge in [0.05, 0.1) is 13.8 Å². The van der Waals surface area contributed by atoms with Gasteiger partial charge in [0.25, 0.3) is 0 Å². The summed E-state index contributed by atoms with van der Waals surface area (Å²) < 4.78 is 7.95. The lowest BCUT2D eigenvalue weighted by Gasteiger charge is -1.99. The first kappa shape index (κ1) is 13.8. The molecule has 102 valence electrons. The van der Waals surface area contributed by atoms with Gasteiger partial charge in [-0.3, -0.25) is 0 Å². The summed E-state index contributed by atoms with van der Waals surface area (Å²) in [4.78, 5) is 4.35. The van der Waals surface area contributed by atoms with Crippen molar-refractivity contribution in [1.29, 1.82) is 0 Å². The lowest BCUT2D eigenvalue weighted by atomic mass is 10.3. The molecule has 0 unspecified atom stereocenters. The van der Waals surface area contributed by atoms with E-state index >= 15 is 0 Å². The van der Waals surface area contributed by atoms with Gasteiger partial charge in [-0.25, -0.2) is 4.98 Å². The Labute approximate surface area is 133 Å². The summed E-state index contributed by atoms with van der Waals surface area (Å²) in [6, 6.07) is 2.83. The zero-order chi connectivity index (χ0) is 13.2. The lowest BCUT2D eigenvalue weighted by molar-refractivity contribution is 0.491. The Bertz CT molecular complexity index is 563. The Morgan fingerprint density at radius 1 is 1.42 bits per heavy atom. The van der Waals surface area contributed by atoms with Crippen LogP contribution in [0.1, 0.15) is 25.2 Å². The maximum absolute atomic E-state index is 5.80. The summed E-state index contributed by atoms with van der Waals surface area (Å²) in [5.74, 6) is 1.65. The fraction of sp³-hybridized carbons (Fsp3) is 0.462. The highest BCUT2D eigenvalue weighted by atomic mass is 79.9. The molecule has 3 rings (SSSR count). The highest BCUT2D eigenvalue weighted by molar-refractivity contribution is 9.12. The first-order valence-electron chi connectivity index (χ1n) is 6.35. The first-order valence-corrected chi connectivity index (χ1v) is 8.76. The molecule has 0 aliphatic heterocycles. The third kappa shape index (κ3) is 3.68. The maximum Gasteiger partial charge on any atom is 0.194 e. The van der Waals surface area contributed by atoms with Crippen molar-refractivity contribution in [2.75, 3.05) is 6.54 Å². The van der Waals surface area contributed by atoms with Crippen molar-refractivity contribution in [2.24, 2.45) is 0 Å². The number of rotatable bonds is 6. The minimum atomic E-state index is 0.777. The van der Waals surface area contributed by atoms with Crippen molar-refractivity contribution < 1.29 is 4.42 Å². The van der Waals surface area contributed by atoms with Crippen molar-refractivity contribution in [3.05, 3.63) is 25.7 Å². The molecule has 0 aromatic carbocycles. The molecule has 1 fully saturated rings. The van der Waals surface area contributed by atoms with E-state index in [9.17, 15) is 0 Å². The van der Waals surface area contributed by atoms with Crippen LogP contribution in [0.2, 0.25) is 0 Å². The number of nitrogens with one attached hydrogen (secondary N) is 1. The molecule has 0 amide bonds. The monoisotopic (exact) mass is 404 g/mol. The highest BCUT2D eigenvalue weighted by Crippen LogP contribution is 2.38. The summed E-state index contributed by atoms with van der Waals surface area (Å²) in [6.07, 6.45) is 6.45. The first-order chi connectivity index (χ1) is 9.22. The van der Waals surface area contributed by atoms with E-state index in [-0.39, 0.29) is 0 Å². The number of aryl methyl sites for hydroxylation is 1. The topological polar surface area (TPSA) is 38.1 Å². The van der Waals surface area contributed by atoms with Crippen LogP contribution in [0.4, 0.5) is 0 Å². The number of aromatic nitrogens is 1. The van der Waals surface area contributed by atoms with Crippen LogP contribution in [0.3, 0.4) is 0 Å². The SMILES string of the molecule is Brc1cc(-c2cnc(CCCNC3CC3)o2)c(Br)s1. The lowest BCUT2D eigenvalue weighted by Crippen LogP contribution is -2.17. The molecule has 1 aliphatic rings. The predicted molar refractivity (Wildman–Crippen MR) is 84.6 cm³/mol. The molecule has 19 heavy (non-hydrogen) atoms. The fourth-order valence-corrected chi connectivity index (χ4v) is 4.71. The molecule has 0 radical (unpaired) electrons. The van der Waals surface area contributed by atoms with Crippen LogP contribution in [-0.4, -0.2) is 17.6 Å². The zero-order valence-corrected chi connectivity index (χ0v) is 14.3. The number of halogens is 2. The summed E-state index contributed by atoms with van der Waals surface area (Å²) in [5.41, 5.74) is 1.06. The number of nitrogens with zero attached hydrogens (tertiary/aromatic N) is 1. The van der Waals surface area contributed by atoms with Crippen LogP contribution in [0.25, 0.3) is 11.3 Å². The third-order valence-corrected chi connectivity index (χ3v) is 5.39. The molecule has 2 heterocycles. The molecule has 6 heteroatoms. The number of hydrogen-bond donors (Lipinski definition) is 1. The van der Waals surface area contributed by atoms with Gasteiger partial charge in [-0.2, -0.15) is 0 Å². The Hall–Kier alpha value is -0.170. The van der Waals surface area contributed by atoms with Gasteiger partial charge in [-0.1, -0.05) is 0 Å². The molecule has 1 aliphatic carbocycles. The summed E-state index contributed by atoms with van der Waals surface area (Å²) >= 11 is 8.66. The number of hydrogen-bond acceptors (Lipinski definition) is 4. The number of thiophene rings is 1. The molecule has 2 aromatic heterocycles. The van der Waals surface area contributed by atoms with Crippen molar-refractivity contribution >= 4 is 43.2 Å². The molecule has 0 atom stereocenters. The van der Waals surface area contributed by atoms with Crippen LogP contribution in [0.15, 0.2) is 24.3 Å². The van der Waals surface area contributed by atoms with Gasteiger partial charge < -0.3 is 9.73 Å². The van der Waals surface area contributed by atoms with E-state index in [1.807, 2.05) is 12.3 Å². The smallest absolute Gasteiger partial charge is 0.194 e. The largest absolute Gasteiger partial charge is 0.441 e. The maximum atomic E-state index is 5.80. The molecular weight excluding hydrogens is 392 g/mol. The molecule has 1 N–H and O–H groups in total. The van der Waals surface area contributed by atoms with Crippen molar-refractivity contribution in [3.63, 3.8) is 0 Å². The van der Waals surface area contributed by atoms with Crippen molar-refractivity contribution in [2.45, 2.75) is 31.7 Å². The standard InChI is InChI=1S/C13H14Br2N2OS/c14-11-6-9(13(15)19-11)10-7-17-12(18-10)2-1-5-16-8-3-4-8/h6-8,16H,1-5H2. The Balaban J connectivity index is 1.57. The Kier molecular flexibility index (Phi) is 4.41.